The van der Waals surface area contributed by atoms with E-state index in [9.17, 15) is 0 Å². The second-order valence-electron chi connectivity index (χ2n) is 28.4. The van der Waals surface area contributed by atoms with E-state index in [-0.39, 0.29) is 0 Å². The van der Waals surface area contributed by atoms with Crippen LogP contribution in [-0.4, -0.2) is 39.9 Å². The van der Waals surface area contributed by atoms with Gasteiger partial charge in [0, 0.05) is 136 Å². The molecular formula is C102H60N8S4. The third-order valence-corrected chi connectivity index (χ3v) is 26.3. The summed E-state index contributed by atoms with van der Waals surface area (Å²) in [6.07, 6.45) is 0. The fraction of sp³-hybridized carbons (Fsp3) is 0. The third kappa shape index (κ3) is 11.9. The monoisotopic (exact) mass is 1520 g/mol. The highest BCUT2D eigenvalue weighted by molar-refractivity contribution is 7.28. The molecule has 0 saturated heterocycles. The number of hydrogen-bond donors (Lipinski definition) is 0. The number of rotatable bonds is 11. The maximum atomic E-state index is 5.51. The van der Waals surface area contributed by atoms with E-state index in [2.05, 4.69) is 267 Å². The van der Waals surface area contributed by atoms with E-state index in [0.29, 0.717) is 34.9 Å². The Kier molecular flexibility index (Phi) is 16.5. The molecule has 0 bridgehead atoms. The number of pyridine rings is 2. The van der Waals surface area contributed by atoms with Crippen LogP contribution in [0.5, 0.6) is 0 Å². The van der Waals surface area contributed by atoms with Gasteiger partial charge in [0.05, 0.1) is 22.4 Å². The minimum absolute atomic E-state index is 0.621. The Bertz CT molecular complexity index is 7640. The minimum atomic E-state index is 0.621. The topological polar surface area (TPSA) is 103 Å². The van der Waals surface area contributed by atoms with E-state index in [1.54, 1.807) is 0 Å². The molecule has 0 fully saturated rings. The van der Waals surface area contributed by atoms with Gasteiger partial charge in [-0.25, -0.2) is 39.9 Å². The zero-order chi connectivity index (χ0) is 75.2. The van der Waals surface area contributed by atoms with Crippen LogP contribution in [0.3, 0.4) is 0 Å². The van der Waals surface area contributed by atoms with Crippen molar-refractivity contribution in [3.63, 3.8) is 0 Å². The van der Waals surface area contributed by atoms with Gasteiger partial charge in [0.25, 0.3) is 0 Å². The summed E-state index contributed by atoms with van der Waals surface area (Å²) in [7, 11) is 0. The lowest BCUT2D eigenvalue weighted by atomic mass is 9.98. The summed E-state index contributed by atoms with van der Waals surface area (Å²) >= 11 is 7.40. The number of fused-ring (bicyclic) bond motifs is 16. The van der Waals surface area contributed by atoms with Crippen molar-refractivity contribution < 1.29 is 0 Å². The van der Waals surface area contributed by atoms with Gasteiger partial charge in [-0.05, 0) is 69.8 Å². The van der Waals surface area contributed by atoms with Crippen LogP contribution in [-0.2, 0) is 0 Å². The van der Waals surface area contributed by atoms with Crippen molar-refractivity contribution in [2.75, 3.05) is 0 Å². The lowest BCUT2D eigenvalue weighted by Crippen LogP contribution is -2.00. The molecule has 15 aromatic carbocycles. The van der Waals surface area contributed by atoms with Crippen molar-refractivity contribution in [2.45, 2.75) is 0 Å². The Labute approximate surface area is 670 Å². The molecule has 8 aromatic heterocycles. The molecule has 0 amide bonds. The Morgan fingerprint density at radius 1 is 0.158 bits per heavy atom. The largest absolute Gasteiger partial charge is 0.247 e. The van der Waals surface area contributed by atoms with Crippen LogP contribution in [0, 0.1) is 0 Å². The van der Waals surface area contributed by atoms with Crippen LogP contribution in [0.4, 0.5) is 0 Å². The van der Waals surface area contributed by atoms with Crippen molar-refractivity contribution in [2.24, 2.45) is 0 Å². The predicted octanol–water partition coefficient (Wildman–Crippen LogP) is 28.6. The first-order valence-corrected chi connectivity index (χ1v) is 41.1. The Morgan fingerprint density at radius 2 is 0.412 bits per heavy atom. The Morgan fingerprint density at radius 3 is 0.772 bits per heavy atom. The van der Waals surface area contributed by atoms with Crippen LogP contribution in [0.1, 0.15) is 0 Å². The van der Waals surface area contributed by atoms with Crippen molar-refractivity contribution >= 4 is 148 Å². The van der Waals surface area contributed by atoms with Crippen LogP contribution in [0.2, 0.25) is 0 Å². The number of nitrogens with zero attached hydrogens (tertiary/aromatic N) is 8. The van der Waals surface area contributed by atoms with Gasteiger partial charge in [-0.15, -0.1) is 45.3 Å². The molecule has 0 aliphatic carbocycles. The van der Waals surface area contributed by atoms with E-state index in [4.69, 9.17) is 39.9 Å². The second kappa shape index (κ2) is 28.1. The van der Waals surface area contributed by atoms with Gasteiger partial charge in [-0.3, -0.25) is 0 Å². The highest BCUT2D eigenvalue weighted by Crippen LogP contribution is 2.49. The third-order valence-electron chi connectivity index (χ3n) is 21.5. The van der Waals surface area contributed by atoms with E-state index in [0.717, 1.165) is 72.5 Å². The van der Waals surface area contributed by atoms with Gasteiger partial charge >= 0.3 is 0 Å². The van der Waals surface area contributed by atoms with Gasteiger partial charge in [0.1, 0.15) is 0 Å². The molecule has 23 rings (SSSR count). The van der Waals surface area contributed by atoms with E-state index < -0.39 is 0 Å². The van der Waals surface area contributed by atoms with Gasteiger partial charge < -0.3 is 0 Å². The van der Waals surface area contributed by atoms with Crippen molar-refractivity contribution in [3.8, 4) is 124 Å². The Balaban J connectivity index is 0.000000140. The fourth-order valence-corrected chi connectivity index (χ4v) is 20.9. The molecule has 8 nitrogen and oxygen atoms in total. The quantitative estimate of drug-likeness (QED) is 0.126. The summed E-state index contributed by atoms with van der Waals surface area (Å²) in [6, 6.07) is 128. The first-order chi connectivity index (χ1) is 56.5. The van der Waals surface area contributed by atoms with Crippen LogP contribution < -0.4 is 0 Å². The van der Waals surface area contributed by atoms with Crippen molar-refractivity contribution in [1.82, 2.24) is 39.9 Å². The predicted molar refractivity (Wildman–Crippen MR) is 482 cm³/mol. The van der Waals surface area contributed by atoms with Crippen LogP contribution in [0.15, 0.2) is 364 Å². The molecule has 12 heteroatoms. The molecule has 0 aliphatic heterocycles. The fourth-order valence-electron chi connectivity index (χ4n) is 15.9. The minimum Gasteiger partial charge on any atom is -0.247 e. The summed E-state index contributed by atoms with van der Waals surface area (Å²) < 4.78 is 10.2. The van der Waals surface area contributed by atoms with E-state index in [1.807, 2.05) is 142 Å². The average Bonchev–Trinajstić information content (AvgIpc) is 1.54. The average molecular weight is 1530 g/mol. The van der Waals surface area contributed by atoms with Gasteiger partial charge in [-0.2, -0.15) is 0 Å². The normalized spacial score (nSPS) is 11.7. The van der Waals surface area contributed by atoms with E-state index in [1.165, 1.54) is 119 Å². The molecule has 23 aromatic rings. The summed E-state index contributed by atoms with van der Waals surface area (Å²) in [5.41, 5.74) is 18.7. The first-order valence-electron chi connectivity index (χ1n) is 37.8. The summed E-state index contributed by atoms with van der Waals surface area (Å²) in [5.74, 6) is 3.81. The molecule has 0 atom stereocenters. The van der Waals surface area contributed by atoms with Crippen LogP contribution >= 0.6 is 45.3 Å². The highest BCUT2D eigenvalue weighted by atomic mass is 32.1. The number of hydrogen-bond acceptors (Lipinski definition) is 12. The molecule has 0 spiro atoms. The maximum Gasteiger partial charge on any atom is 0.164 e. The number of thiophene rings is 4. The van der Waals surface area contributed by atoms with Crippen molar-refractivity contribution in [1.29, 1.82) is 0 Å². The van der Waals surface area contributed by atoms with Gasteiger partial charge in [0.15, 0.2) is 34.9 Å². The lowest BCUT2D eigenvalue weighted by molar-refractivity contribution is 1.07. The smallest absolute Gasteiger partial charge is 0.164 e. The number of benzene rings is 15. The summed E-state index contributed by atoms with van der Waals surface area (Å²) in [6.45, 7) is 0. The number of aromatic nitrogens is 8. The van der Waals surface area contributed by atoms with Crippen molar-refractivity contribution in [3.05, 3.63) is 364 Å². The lowest BCUT2D eigenvalue weighted by Gasteiger charge is -2.11. The highest BCUT2D eigenvalue weighted by Gasteiger charge is 2.23. The molecule has 8 heterocycles. The molecule has 0 aliphatic rings. The standard InChI is InChI=1S/C54H32N4S2.C48H28N4S2/c1-3-12-33(13-4-1)34-22-26-37(27-23-34)53-56-52(36-14-5-2-6-15-36)57-54(58-53)38-28-24-35(25-29-38)49-48-44-17-8-10-21-47(44)60-51(48)43-31-30-39(32-45(43)55-49)40-18-11-19-42-41-16-7-9-20-46(41)59-50(40)42;1-3-12-30(13-4-1)46-50-47(31-14-5-2-6-15-31)52-48(51-46)32-24-22-29(23-25-32)43-42-38-17-8-10-21-41(38)54-45(42)37-27-26-33(28-39(37)49-43)34-18-11-19-36-35-16-7-9-20-40(35)53-44(34)36/h1-32H;1-28H. The molecule has 0 N–H and O–H groups in total. The van der Waals surface area contributed by atoms with Gasteiger partial charge in [-0.1, -0.05) is 328 Å². The second-order valence-corrected chi connectivity index (χ2v) is 32.6. The zero-order valence-corrected chi connectivity index (χ0v) is 64.1. The van der Waals surface area contributed by atoms with Crippen LogP contribution in [0.25, 0.3) is 227 Å². The SMILES string of the molecule is c1ccc(-c2ccc(-c3nc(-c4ccccc4)nc(-c4ccc(-c5nc6cc(-c7cccc8c7sc7ccccc78)ccc6c6sc7ccccc7c56)cc4)n3)cc2)cc1.c1ccc(-c2nc(-c3ccccc3)nc(-c3ccc(-c4nc5cc(-c6cccc7c6sc6ccccc67)ccc5c5sc6ccccc6c45)cc3)n2)cc1. The van der Waals surface area contributed by atoms with E-state index >= 15 is 0 Å². The summed E-state index contributed by atoms with van der Waals surface area (Å²) in [4.78, 5) is 40.9. The van der Waals surface area contributed by atoms with Gasteiger partial charge in [0.2, 0.25) is 0 Å². The summed E-state index contributed by atoms with van der Waals surface area (Å²) in [5, 5.41) is 12.4. The molecule has 0 unspecified atom stereocenters. The molecule has 114 heavy (non-hydrogen) atoms. The molecular weight excluding hydrogens is 1470 g/mol. The first kappa shape index (κ1) is 67.0. The zero-order valence-electron chi connectivity index (χ0n) is 60.9. The molecule has 0 saturated carbocycles. The Hall–Kier alpha value is -14.0. The molecule has 0 radical (unpaired) electrons. The molecule has 532 valence electrons. The maximum absolute atomic E-state index is 5.51.